The molecule has 0 amide bonds. The highest BCUT2D eigenvalue weighted by molar-refractivity contribution is 6.32. The van der Waals surface area contributed by atoms with Crippen LogP contribution in [0, 0.1) is 6.92 Å². The van der Waals surface area contributed by atoms with Crippen molar-refractivity contribution in [1.82, 2.24) is 5.32 Å². The van der Waals surface area contributed by atoms with Gasteiger partial charge in [-0.15, -0.1) is 0 Å². The first-order valence-electron chi connectivity index (χ1n) is 6.75. The van der Waals surface area contributed by atoms with Crippen molar-refractivity contribution >= 4 is 11.6 Å². The first kappa shape index (κ1) is 15.3. The molecule has 1 aromatic rings. The smallest absolute Gasteiger partial charge is 0.137 e. The van der Waals surface area contributed by atoms with Crippen LogP contribution < -0.4 is 10.1 Å². The van der Waals surface area contributed by atoms with E-state index in [0.29, 0.717) is 11.1 Å². The first-order valence-corrected chi connectivity index (χ1v) is 7.13. The third-order valence-electron chi connectivity index (χ3n) is 2.87. The minimum absolute atomic E-state index is 0.557. The normalized spacial score (nSPS) is 12.4. The Morgan fingerprint density at radius 1 is 1.39 bits per heavy atom. The summed E-state index contributed by atoms with van der Waals surface area (Å²) >= 11 is 6.10. The highest BCUT2D eigenvalue weighted by atomic mass is 35.5. The fourth-order valence-corrected chi connectivity index (χ4v) is 2.08. The van der Waals surface area contributed by atoms with E-state index in [4.69, 9.17) is 16.3 Å². The number of halogens is 1. The van der Waals surface area contributed by atoms with Crippen LogP contribution in [0.3, 0.4) is 0 Å². The molecule has 0 fully saturated rings. The first-order chi connectivity index (χ1) is 8.63. The van der Waals surface area contributed by atoms with Gasteiger partial charge in [-0.3, -0.25) is 0 Å². The van der Waals surface area contributed by atoms with Crippen LogP contribution >= 0.6 is 11.6 Å². The predicted octanol–water partition coefficient (Wildman–Crippen LogP) is 4.20. The molecule has 0 aliphatic carbocycles. The van der Waals surface area contributed by atoms with Crippen LogP contribution in [-0.4, -0.2) is 19.2 Å². The van der Waals surface area contributed by atoms with Gasteiger partial charge in [-0.1, -0.05) is 24.6 Å². The van der Waals surface area contributed by atoms with Crippen molar-refractivity contribution in [1.29, 1.82) is 0 Å². The molecule has 0 saturated carbocycles. The lowest BCUT2D eigenvalue weighted by Crippen LogP contribution is -2.26. The summed E-state index contributed by atoms with van der Waals surface area (Å²) in [6, 6.07) is 6.45. The molecule has 0 aliphatic heterocycles. The number of aryl methyl sites for hydroxylation is 1. The molecule has 1 rings (SSSR count). The maximum Gasteiger partial charge on any atom is 0.137 e. The summed E-state index contributed by atoms with van der Waals surface area (Å²) in [5, 5.41) is 4.17. The van der Waals surface area contributed by atoms with E-state index in [0.717, 1.165) is 37.3 Å². The zero-order valence-corrected chi connectivity index (χ0v) is 12.4. The molecular weight excluding hydrogens is 246 g/mol. The minimum atomic E-state index is 0.557. The Labute approximate surface area is 116 Å². The van der Waals surface area contributed by atoms with Crippen molar-refractivity contribution in [2.75, 3.05) is 13.2 Å². The van der Waals surface area contributed by atoms with Gasteiger partial charge in [-0.05, 0) is 57.4 Å². The van der Waals surface area contributed by atoms with E-state index in [1.54, 1.807) is 0 Å². The molecular formula is C15H24ClNO. The van der Waals surface area contributed by atoms with Crippen LogP contribution in [0.1, 0.15) is 38.7 Å². The van der Waals surface area contributed by atoms with Gasteiger partial charge in [0.25, 0.3) is 0 Å². The third-order valence-corrected chi connectivity index (χ3v) is 3.16. The van der Waals surface area contributed by atoms with Gasteiger partial charge >= 0.3 is 0 Å². The molecule has 1 N–H and O–H groups in total. The highest BCUT2D eigenvalue weighted by Gasteiger charge is 2.03. The molecule has 2 nitrogen and oxygen atoms in total. The lowest BCUT2D eigenvalue weighted by atomic mass is 10.2. The Hall–Kier alpha value is -0.730. The zero-order valence-electron chi connectivity index (χ0n) is 11.6. The van der Waals surface area contributed by atoms with Crippen molar-refractivity contribution in [3.8, 4) is 5.75 Å². The van der Waals surface area contributed by atoms with Gasteiger partial charge in [0.1, 0.15) is 5.75 Å². The quantitative estimate of drug-likeness (QED) is 0.715. The average molecular weight is 270 g/mol. The van der Waals surface area contributed by atoms with Crippen LogP contribution in [0.5, 0.6) is 5.75 Å². The molecule has 0 radical (unpaired) electrons. The Bertz CT molecular complexity index is 354. The highest BCUT2D eigenvalue weighted by Crippen LogP contribution is 2.25. The molecule has 0 spiro atoms. The van der Waals surface area contributed by atoms with Gasteiger partial charge in [0, 0.05) is 6.04 Å². The lowest BCUT2D eigenvalue weighted by molar-refractivity contribution is 0.298. The number of hydrogen-bond donors (Lipinski definition) is 1. The molecule has 1 atom stereocenters. The van der Waals surface area contributed by atoms with Crippen LogP contribution in [0.15, 0.2) is 18.2 Å². The van der Waals surface area contributed by atoms with Crippen LogP contribution in [0.2, 0.25) is 5.02 Å². The van der Waals surface area contributed by atoms with E-state index >= 15 is 0 Å². The number of nitrogens with one attached hydrogen (secondary N) is 1. The third kappa shape index (κ3) is 5.74. The molecule has 0 aliphatic rings. The fraction of sp³-hybridized carbons (Fsp3) is 0.600. The molecule has 1 aromatic carbocycles. The van der Waals surface area contributed by atoms with Gasteiger partial charge < -0.3 is 10.1 Å². The molecule has 3 heteroatoms. The van der Waals surface area contributed by atoms with Crippen LogP contribution in [-0.2, 0) is 0 Å². The average Bonchev–Trinajstić information content (AvgIpc) is 2.34. The largest absolute Gasteiger partial charge is 0.492 e. The van der Waals surface area contributed by atoms with E-state index in [-0.39, 0.29) is 0 Å². The standard InChI is InChI=1S/C15H24ClNO/c1-4-9-17-13(3)6-5-10-18-15-8-7-12(2)11-14(15)16/h7-8,11,13,17H,4-6,9-10H2,1-3H3. The summed E-state index contributed by atoms with van der Waals surface area (Å²) < 4.78 is 5.69. The van der Waals surface area contributed by atoms with Crippen LogP contribution in [0.4, 0.5) is 0 Å². The molecule has 0 bridgehead atoms. The van der Waals surface area contributed by atoms with E-state index in [9.17, 15) is 0 Å². The summed E-state index contributed by atoms with van der Waals surface area (Å²) in [5.41, 5.74) is 1.16. The van der Waals surface area contributed by atoms with Gasteiger partial charge in [0.15, 0.2) is 0 Å². The van der Waals surface area contributed by atoms with E-state index in [2.05, 4.69) is 19.2 Å². The molecule has 0 saturated heterocycles. The second kappa shape index (κ2) is 8.39. The second-order valence-electron chi connectivity index (χ2n) is 4.78. The Balaban J connectivity index is 2.21. The fourth-order valence-electron chi connectivity index (χ4n) is 1.79. The van der Waals surface area contributed by atoms with Gasteiger partial charge in [-0.2, -0.15) is 0 Å². The Morgan fingerprint density at radius 2 is 2.17 bits per heavy atom. The molecule has 18 heavy (non-hydrogen) atoms. The number of ether oxygens (including phenoxy) is 1. The SMILES string of the molecule is CCCNC(C)CCCOc1ccc(C)cc1Cl. The number of rotatable bonds is 8. The Morgan fingerprint density at radius 3 is 2.83 bits per heavy atom. The zero-order chi connectivity index (χ0) is 13.4. The summed E-state index contributed by atoms with van der Waals surface area (Å²) in [5.74, 6) is 0.788. The topological polar surface area (TPSA) is 21.3 Å². The maximum atomic E-state index is 6.10. The van der Waals surface area contributed by atoms with Crippen molar-refractivity contribution in [2.45, 2.75) is 46.1 Å². The van der Waals surface area contributed by atoms with Gasteiger partial charge in [0.05, 0.1) is 11.6 Å². The minimum Gasteiger partial charge on any atom is -0.492 e. The monoisotopic (exact) mass is 269 g/mol. The predicted molar refractivity (Wildman–Crippen MR) is 78.7 cm³/mol. The molecule has 0 aromatic heterocycles. The number of benzene rings is 1. The van der Waals surface area contributed by atoms with Gasteiger partial charge in [0.2, 0.25) is 0 Å². The van der Waals surface area contributed by atoms with Crippen molar-refractivity contribution in [3.63, 3.8) is 0 Å². The summed E-state index contributed by atoms with van der Waals surface area (Å²) in [6.07, 6.45) is 3.35. The summed E-state index contributed by atoms with van der Waals surface area (Å²) in [7, 11) is 0. The molecule has 0 heterocycles. The second-order valence-corrected chi connectivity index (χ2v) is 5.19. The van der Waals surface area contributed by atoms with E-state index < -0.39 is 0 Å². The number of hydrogen-bond acceptors (Lipinski definition) is 2. The molecule has 102 valence electrons. The van der Waals surface area contributed by atoms with Crippen molar-refractivity contribution in [3.05, 3.63) is 28.8 Å². The van der Waals surface area contributed by atoms with E-state index in [1.807, 2.05) is 25.1 Å². The van der Waals surface area contributed by atoms with Crippen molar-refractivity contribution in [2.24, 2.45) is 0 Å². The Kier molecular flexibility index (Phi) is 7.14. The molecule has 1 unspecified atom stereocenters. The van der Waals surface area contributed by atoms with Gasteiger partial charge in [-0.25, -0.2) is 0 Å². The summed E-state index contributed by atoms with van der Waals surface area (Å²) in [4.78, 5) is 0. The van der Waals surface area contributed by atoms with E-state index in [1.165, 1.54) is 6.42 Å². The van der Waals surface area contributed by atoms with Crippen molar-refractivity contribution < 1.29 is 4.74 Å². The summed E-state index contributed by atoms with van der Waals surface area (Å²) in [6.45, 7) is 8.24. The van der Waals surface area contributed by atoms with Crippen LogP contribution in [0.25, 0.3) is 0 Å². The maximum absolute atomic E-state index is 6.10. The lowest BCUT2D eigenvalue weighted by Gasteiger charge is -2.13.